The Bertz CT molecular complexity index is 323. The number of carbonyl (C=O) groups excluding carboxylic acids is 1. The molecule has 0 radical (unpaired) electrons. The van der Waals surface area contributed by atoms with Crippen LogP contribution in [0.5, 0.6) is 0 Å². The van der Waals surface area contributed by atoms with Crippen LogP contribution in [0.1, 0.15) is 19.8 Å². The molecule has 0 bridgehead atoms. The molecule has 3 atom stereocenters. The van der Waals surface area contributed by atoms with Crippen molar-refractivity contribution in [3.8, 4) is 0 Å². The third-order valence-corrected chi connectivity index (χ3v) is 3.36. The van der Waals surface area contributed by atoms with Gasteiger partial charge in [0, 0.05) is 33.8 Å². The van der Waals surface area contributed by atoms with E-state index in [4.69, 9.17) is 14.6 Å². The number of nitrogens with one attached hydrogen (secondary N) is 1. The highest BCUT2D eigenvalue weighted by Gasteiger charge is 2.32. The first kappa shape index (κ1) is 15.7. The molecule has 1 rings (SSSR count). The van der Waals surface area contributed by atoms with E-state index in [1.807, 2.05) is 6.92 Å². The van der Waals surface area contributed by atoms with Gasteiger partial charge in [-0.3, -0.25) is 0 Å². The van der Waals surface area contributed by atoms with Crippen LogP contribution in [0.2, 0.25) is 0 Å². The molecule has 0 aliphatic carbocycles. The highest BCUT2D eigenvalue weighted by molar-refractivity contribution is 5.82. The van der Waals surface area contributed by atoms with Gasteiger partial charge in [-0.15, -0.1) is 0 Å². The topological polar surface area (TPSA) is 88.1 Å². The van der Waals surface area contributed by atoms with Crippen LogP contribution in [0, 0.1) is 0 Å². The molecule has 1 aliphatic heterocycles. The van der Waals surface area contributed by atoms with Crippen LogP contribution in [0.15, 0.2) is 0 Å². The molecule has 3 unspecified atom stereocenters. The van der Waals surface area contributed by atoms with Crippen LogP contribution in [-0.2, 0) is 14.3 Å². The highest BCUT2D eigenvalue weighted by Crippen LogP contribution is 2.18. The lowest BCUT2D eigenvalue weighted by atomic mass is 10.1. The number of hydrogen-bond donors (Lipinski definition) is 2. The largest absolute Gasteiger partial charge is 0.480 e. The van der Waals surface area contributed by atoms with Gasteiger partial charge in [-0.2, -0.15) is 0 Å². The number of rotatable bonds is 6. The maximum atomic E-state index is 12.0. The predicted octanol–water partition coefficient (Wildman–Crippen LogP) is 0.295. The van der Waals surface area contributed by atoms with Gasteiger partial charge in [0.25, 0.3) is 0 Å². The number of methoxy groups -OCH3 is 1. The number of nitrogens with zero attached hydrogens (tertiary/aromatic N) is 1. The third-order valence-electron chi connectivity index (χ3n) is 3.36. The van der Waals surface area contributed by atoms with Gasteiger partial charge in [-0.1, -0.05) is 0 Å². The van der Waals surface area contributed by atoms with Crippen molar-refractivity contribution in [3.05, 3.63) is 0 Å². The number of urea groups is 1. The molecule has 1 aliphatic rings. The number of ether oxygens (including phenoxy) is 2. The average Bonchev–Trinajstić information content (AvgIpc) is 2.79. The van der Waals surface area contributed by atoms with E-state index in [2.05, 4.69) is 5.32 Å². The molecule has 110 valence electrons. The fraction of sp³-hybridized carbons (Fsp3) is 0.833. The van der Waals surface area contributed by atoms with Crippen molar-refractivity contribution in [2.45, 2.75) is 38.0 Å². The Morgan fingerprint density at radius 2 is 2.26 bits per heavy atom. The van der Waals surface area contributed by atoms with E-state index < -0.39 is 18.0 Å². The van der Waals surface area contributed by atoms with Crippen LogP contribution < -0.4 is 5.32 Å². The van der Waals surface area contributed by atoms with E-state index in [0.717, 1.165) is 6.42 Å². The SMILES string of the molecule is COCCC(NC(=O)N(C)C1CCOC1C)C(=O)O. The van der Waals surface area contributed by atoms with Gasteiger partial charge in [0.2, 0.25) is 0 Å². The molecule has 7 nitrogen and oxygen atoms in total. The molecule has 2 N–H and O–H groups in total. The summed E-state index contributed by atoms with van der Waals surface area (Å²) < 4.78 is 10.2. The molecular weight excluding hydrogens is 252 g/mol. The summed E-state index contributed by atoms with van der Waals surface area (Å²) in [4.78, 5) is 24.6. The second kappa shape index (κ2) is 7.30. The Kier molecular flexibility index (Phi) is 6.04. The lowest BCUT2D eigenvalue weighted by Gasteiger charge is -2.28. The molecule has 2 amide bonds. The van der Waals surface area contributed by atoms with Gasteiger partial charge in [0.1, 0.15) is 6.04 Å². The first-order valence-electron chi connectivity index (χ1n) is 6.34. The van der Waals surface area contributed by atoms with Crippen molar-refractivity contribution in [1.82, 2.24) is 10.2 Å². The molecule has 1 saturated heterocycles. The second-order valence-electron chi connectivity index (χ2n) is 4.66. The average molecular weight is 274 g/mol. The van der Waals surface area contributed by atoms with E-state index in [1.165, 1.54) is 12.0 Å². The fourth-order valence-corrected chi connectivity index (χ4v) is 2.12. The van der Waals surface area contributed by atoms with Gasteiger partial charge >= 0.3 is 12.0 Å². The summed E-state index contributed by atoms with van der Waals surface area (Å²) in [5, 5.41) is 11.5. The van der Waals surface area contributed by atoms with Crippen molar-refractivity contribution in [1.29, 1.82) is 0 Å². The Balaban J connectivity index is 2.53. The van der Waals surface area contributed by atoms with Crippen molar-refractivity contribution < 1.29 is 24.2 Å². The molecule has 19 heavy (non-hydrogen) atoms. The van der Waals surface area contributed by atoms with Gasteiger partial charge in [-0.25, -0.2) is 9.59 Å². The maximum Gasteiger partial charge on any atom is 0.326 e. The standard InChI is InChI=1S/C12H22N2O5/c1-8-10(5-7-19-8)14(2)12(17)13-9(11(15)16)4-6-18-3/h8-10H,4-7H2,1-3H3,(H,13,17)(H,15,16). The number of likely N-dealkylation sites (N-methyl/N-ethyl adjacent to an activating group) is 1. The fourth-order valence-electron chi connectivity index (χ4n) is 2.12. The molecule has 0 aromatic heterocycles. The summed E-state index contributed by atoms with van der Waals surface area (Å²) in [6.07, 6.45) is 0.973. The zero-order chi connectivity index (χ0) is 14.4. The molecule has 0 aromatic carbocycles. The first-order valence-corrected chi connectivity index (χ1v) is 6.34. The third kappa shape index (κ3) is 4.36. The normalized spacial score (nSPS) is 23.9. The molecule has 0 saturated carbocycles. The van der Waals surface area contributed by atoms with E-state index in [-0.39, 0.29) is 25.2 Å². The van der Waals surface area contributed by atoms with Gasteiger partial charge in [-0.05, 0) is 13.3 Å². The van der Waals surface area contributed by atoms with Crippen LogP contribution in [0.3, 0.4) is 0 Å². The van der Waals surface area contributed by atoms with Crippen LogP contribution in [-0.4, -0.2) is 67.6 Å². The second-order valence-corrected chi connectivity index (χ2v) is 4.66. The van der Waals surface area contributed by atoms with Gasteiger partial charge in [0.15, 0.2) is 0 Å². The molecular formula is C12H22N2O5. The molecule has 1 heterocycles. The van der Waals surface area contributed by atoms with Crippen LogP contribution >= 0.6 is 0 Å². The number of carboxylic acids is 1. The van der Waals surface area contributed by atoms with E-state index >= 15 is 0 Å². The monoisotopic (exact) mass is 274 g/mol. The van der Waals surface area contributed by atoms with E-state index in [1.54, 1.807) is 7.05 Å². The number of amides is 2. The summed E-state index contributed by atoms with van der Waals surface area (Å²) in [7, 11) is 3.14. The smallest absolute Gasteiger partial charge is 0.326 e. The van der Waals surface area contributed by atoms with Crippen molar-refractivity contribution >= 4 is 12.0 Å². The number of aliphatic carboxylic acids is 1. The van der Waals surface area contributed by atoms with Crippen molar-refractivity contribution in [2.75, 3.05) is 27.4 Å². The molecule has 7 heteroatoms. The molecule has 1 fully saturated rings. The lowest BCUT2D eigenvalue weighted by molar-refractivity contribution is -0.139. The van der Waals surface area contributed by atoms with E-state index in [0.29, 0.717) is 6.61 Å². The minimum atomic E-state index is -1.06. The zero-order valence-corrected chi connectivity index (χ0v) is 11.6. The summed E-state index contributed by atoms with van der Waals surface area (Å²) in [6, 6.07) is -1.35. The Hall–Kier alpha value is -1.34. The Morgan fingerprint density at radius 3 is 2.74 bits per heavy atom. The maximum absolute atomic E-state index is 12.0. The summed E-state index contributed by atoms with van der Waals surface area (Å²) in [5.74, 6) is -1.06. The number of carbonyl (C=O) groups is 2. The quantitative estimate of drug-likeness (QED) is 0.727. The zero-order valence-electron chi connectivity index (χ0n) is 11.6. The summed E-state index contributed by atoms with van der Waals surface area (Å²) in [6.45, 7) is 2.81. The Morgan fingerprint density at radius 1 is 1.58 bits per heavy atom. The lowest BCUT2D eigenvalue weighted by Crippen LogP contribution is -2.51. The number of carboxylic acid groups (broad SMARTS) is 1. The highest BCUT2D eigenvalue weighted by atomic mass is 16.5. The minimum absolute atomic E-state index is 0.0168. The minimum Gasteiger partial charge on any atom is -0.480 e. The Labute approximate surface area is 112 Å². The van der Waals surface area contributed by atoms with Gasteiger partial charge in [0.05, 0.1) is 12.1 Å². The van der Waals surface area contributed by atoms with Crippen LogP contribution in [0.25, 0.3) is 0 Å². The summed E-state index contributed by atoms with van der Waals surface area (Å²) >= 11 is 0. The number of hydrogen-bond acceptors (Lipinski definition) is 4. The first-order chi connectivity index (χ1) is 8.97. The molecule has 0 spiro atoms. The van der Waals surface area contributed by atoms with Gasteiger partial charge < -0.3 is 24.8 Å². The predicted molar refractivity (Wildman–Crippen MR) is 68.0 cm³/mol. The summed E-state index contributed by atoms with van der Waals surface area (Å²) in [5.41, 5.74) is 0. The van der Waals surface area contributed by atoms with Crippen LogP contribution in [0.4, 0.5) is 4.79 Å². The van der Waals surface area contributed by atoms with Crippen molar-refractivity contribution in [3.63, 3.8) is 0 Å². The van der Waals surface area contributed by atoms with Crippen molar-refractivity contribution in [2.24, 2.45) is 0 Å². The molecule has 0 aromatic rings. The van der Waals surface area contributed by atoms with E-state index in [9.17, 15) is 9.59 Å².